The highest BCUT2D eigenvalue weighted by atomic mass is 32.2. The van der Waals surface area contributed by atoms with Gasteiger partial charge in [-0.05, 0) is 71.1 Å². The fourth-order valence-corrected chi connectivity index (χ4v) is 3.82. The maximum Gasteiger partial charge on any atom is 0.255 e. The van der Waals surface area contributed by atoms with Crippen molar-refractivity contribution in [2.75, 3.05) is 30.6 Å². The predicted octanol–water partition coefficient (Wildman–Crippen LogP) is 3.66. The van der Waals surface area contributed by atoms with Gasteiger partial charge in [0.05, 0.1) is 31.3 Å². The first kappa shape index (κ1) is 23.8. The zero-order valence-corrected chi connectivity index (χ0v) is 19.8. The topological polar surface area (TPSA) is 120 Å². The minimum Gasteiger partial charge on any atom is -0.497 e. The third-order valence-electron chi connectivity index (χ3n) is 4.88. The number of thioether (sulfide) groups is 1. The number of aromatic nitrogens is 4. The molecule has 0 aliphatic rings. The molecule has 0 spiro atoms. The molecule has 0 radical (unpaired) electrons. The van der Waals surface area contributed by atoms with Gasteiger partial charge in [0.25, 0.3) is 5.91 Å². The summed E-state index contributed by atoms with van der Waals surface area (Å²) in [6.07, 6.45) is 0. The Kier molecular flexibility index (Phi) is 7.58. The number of tetrazole rings is 1. The van der Waals surface area contributed by atoms with Crippen LogP contribution in [0.5, 0.6) is 11.5 Å². The van der Waals surface area contributed by atoms with Crippen LogP contribution in [0.3, 0.4) is 0 Å². The summed E-state index contributed by atoms with van der Waals surface area (Å²) >= 11 is 1.21. The number of methoxy groups -OCH3 is 2. The Labute approximate surface area is 205 Å². The van der Waals surface area contributed by atoms with E-state index in [0.29, 0.717) is 27.8 Å². The summed E-state index contributed by atoms with van der Waals surface area (Å²) in [6.45, 7) is 0. The minimum absolute atomic E-state index is 0.104. The van der Waals surface area contributed by atoms with E-state index in [1.54, 1.807) is 67.4 Å². The summed E-state index contributed by atoms with van der Waals surface area (Å²) in [5.41, 5.74) is 2.34. The summed E-state index contributed by atoms with van der Waals surface area (Å²) in [6, 6.07) is 21.0. The van der Waals surface area contributed by atoms with Crippen LogP contribution in [-0.2, 0) is 4.79 Å². The van der Waals surface area contributed by atoms with Crippen molar-refractivity contribution in [2.24, 2.45) is 0 Å². The van der Waals surface area contributed by atoms with E-state index >= 15 is 0 Å². The molecule has 0 bridgehead atoms. The summed E-state index contributed by atoms with van der Waals surface area (Å²) in [5.74, 6) is 0.879. The van der Waals surface area contributed by atoms with Crippen molar-refractivity contribution < 1.29 is 19.1 Å². The van der Waals surface area contributed by atoms with E-state index in [1.165, 1.54) is 11.8 Å². The van der Waals surface area contributed by atoms with E-state index in [0.717, 1.165) is 11.4 Å². The lowest BCUT2D eigenvalue weighted by atomic mass is 10.2. The van der Waals surface area contributed by atoms with Gasteiger partial charge in [-0.2, -0.15) is 4.68 Å². The van der Waals surface area contributed by atoms with Crippen LogP contribution in [0.2, 0.25) is 0 Å². The first-order chi connectivity index (χ1) is 17.1. The molecule has 0 unspecified atom stereocenters. The molecule has 1 heterocycles. The number of nitrogens with one attached hydrogen (secondary N) is 2. The van der Waals surface area contributed by atoms with Gasteiger partial charge in [0.15, 0.2) is 0 Å². The minimum atomic E-state index is -0.284. The number of hydrogen-bond acceptors (Lipinski definition) is 8. The van der Waals surface area contributed by atoms with Crippen LogP contribution in [-0.4, -0.2) is 52.0 Å². The van der Waals surface area contributed by atoms with Crippen molar-refractivity contribution in [3.63, 3.8) is 0 Å². The highest BCUT2D eigenvalue weighted by Crippen LogP contribution is 2.24. The monoisotopic (exact) mass is 490 g/mol. The average molecular weight is 491 g/mol. The smallest absolute Gasteiger partial charge is 0.255 e. The molecule has 2 N–H and O–H groups in total. The molecule has 11 heteroatoms. The van der Waals surface area contributed by atoms with Crippen molar-refractivity contribution in [3.8, 4) is 17.2 Å². The van der Waals surface area contributed by atoms with Crippen molar-refractivity contribution >= 4 is 35.0 Å². The van der Waals surface area contributed by atoms with Gasteiger partial charge in [0, 0.05) is 11.3 Å². The van der Waals surface area contributed by atoms with Gasteiger partial charge in [-0.1, -0.05) is 23.9 Å². The molecule has 0 saturated carbocycles. The number of para-hydroxylation sites is 2. The quantitative estimate of drug-likeness (QED) is 0.341. The fourth-order valence-electron chi connectivity index (χ4n) is 3.13. The second-order valence-corrected chi connectivity index (χ2v) is 8.08. The van der Waals surface area contributed by atoms with Crippen LogP contribution >= 0.6 is 11.8 Å². The summed E-state index contributed by atoms with van der Waals surface area (Å²) in [4.78, 5) is 25.0. The predicted molar refractivity (Wildman–Crippen MR) is 132 cm³/mol. The Morgan fingerprint density at radius 1 is 0.914 bits per heavy atom. The Bertz CT molecular complexity index is 1310. The maximum absolute atomic E-state index is 12.5. The Hall–Kier alpha value is -4.38. The van der Waals surface area contributed by atoms with E-state index in [4.69, 9.17) is 9.47 Å². The largest absolute Gasteiger partial charge is 0.497 e. The number of carbonyl (C=O) groups excluding carboxylic acids is 2. The van der Waals surface area contributed by atoms with Crippen LogP contribution in [0.15, 0.2) is 78.0 Å². The van der Waals surface area contributed by atoms with E-state index in [9.17, 15) is 9.59 Å². The normalized spacial score (nSPS) is 10.5. The zero-order valence-electron chi connectivity index (χ0n) is 19.0. The zero-order chi connectivity index (χ0) is 24.6. The van der Waals surface area contributed by atoms with E-state index in [-0.39, 0.29) is 17.6 Å². The lowest BCUT2D eigenvalue weighted by Crippen LogP contribution is -2.15. The van der Waals surface area contributed by atoms with Crippen molar-refractivity contribution in [1.29, 1.82) is 0 Å². The highest BCUT2D eigenvalue weighted by Gasteiger charge is 2.13. The van der Waals surface area contributed by atoms with Crippen LogP contribution in [0.4, 0.5) is 11.4 Å². The molecule has 0 aliphatic carbocycles. The van der Waals surface area contributed by atoms with Gasteiger partial charge in [0.2, 0.25) is 11.1 Å². The number of hydrogen-bond donors (Lipinski definition) is 2. The molecule has 0 atom stereocenters. The Balaban J connectivity index is 1.32. The second kappa shape index (κ2) is 11.2. The number of carbonyl (C=O) groups is 2. The average Bonchev–Trinajstić information content (AvgIpc) is 3.37. The van der Waals surface area contributed by atoms with Crippen LogP contribution < -0.4 is 20.1 Å². The lowest BCUT2D eigenvalue weighted by molar-refractivity contribution is -0.113. The van der Waals surface area contributed by atoms with Gasteiger partial charge in [-0.15, -0.1) is 5.10 Å². The molecule has 4 aromatic rings. The molecular formula is C24H22N6O4S. The van der Waals surface area contributed by atoms with Gasteiger partial charge in [0.1, 0.15) is 11.5 Å². The van der Waals surface area contributed by atoms with Gasteiger partial charge < -0.3 is 20.1 Å². The molecule has 2 amide bonds. The van der Waals surface area contributed by atoms with Crippen molar-refractivity contribution in [2.45, 2.75) is 5.16 Å². The molecule has 0 saturated heterocycles. The Morgan fingerprint density at radius 2 is 1.66 bits per heavy atom. The van der Waals surface area contributed by atoms with Crippen LogP contribution in [0, 0.1) is 0 Å². The number of anilines is 2. The fraction of sp³-hybridized carbons (Fsp3) is 0.125. The Morgan fingerprint density at radius 3 is 2.37 bits per heavy atom. The molecule has 0 aliphatic heterocycles. The molecule has 1 aromatic heterocycles. The highest BCUT2D eigenvalue weighted by molar-refractivity contribution is 7.99. The van der Waals surface area contributed by atoms with Crippen molar-refractivity contribution in [1.82, 2.24) is 20.2 Å². The SMILES string of the molecule is COc1ccc(-n2nnnc2SCC(=O)Nc2ccc(C(=O)Nc3ccccc3OC)cc2)cc1. The third-order valence-corrected chi connectivity index (χ3v) is 5.80. The summed E-state index contributed by atoms with van der Waals surface area (Å²) in [7, 11) is 3.14. The maximum atomic E-state index is 12.5. The molecule has 3 aromatic carbocycles. The number of rotatable bonds is 9. The van der Waals surface area contributed by atoms with Crippen LogP contribution in [0.25, 0.3) is 5.69 Å². The van der Waals surface area contributed by atoms with E-state index in [1.807, 2.05) is 24.3 Å². The molecule has 4 rings (SSSR count). The molecule has 10 nitrogen and oxygen atoms in total. The first-order valence-corrected chi connectivity index (χ1v) is 11.5. The number of amides is 2. The number of ether oxygens (including phenoxy) is 2. The van der Waals surface area contributed by atoms with E-state index in [2.05, 4.69) is 26.2 Å². The molecular weight excluding hydrogens is 468 g/mol. The number of benzene rings is 3. The van der Waals surface area contributed by atoms with Gasteiger partial charge in [-0.25, -0.2) is 0 Å². The van der Waals surface area contributed by atoms with Crippen LogP contribution in [0.1, 0.15) is 10.4 Å². The molecule has 178 valence electrons. The summed E-state index contributed by atoms with van der Waals surface area (Å²) in [5, 5.41) is 17.8. The standard InChI is InChI=1S/C24H22N6O4S/c1-33-19-13-11-18(12-14-19)30-24(27-28-29-30)35-15-22(31)25-17-9-7-16(8-10-17)23(32)26-20-5-3-4-6-21(20)34-2/h3-14H,15H2,1-2H3,(H,25,31)(H,26,32). The van der Waals surface area contributed by atoms with E-state index < -0.39 is 0 Å². The molecule has 0 fully saturated rings. The lowest BCUT2D eigenvalue weighted by Gasteiger charge is -2.10. The van der Waals surface area contributed by atoms with Gasteiger partial charge >= 0.3 is 0 Å². The third kappa shape index (κ3) is 5.95. The first-order valence-electron chi connectivity index (χ1n) is 10.5. The summed E-state index contributed by atoms with van der Waals surface area (Å²) < 4.78 is 12.0. The number of nitrogens with zero attached hydrogens (tertiary/aromatic N) is 4. The van der Waals surface area contributed by atoms with Gasteiger partial charge in [-0.3, -0.25) is 9.59 Å². The van der Waals surface area contributed by atoms with Crippen molar-refractivity contribution in [3.05, 3.63) is 78.4 Å². The molecule has 35 heavy (non-hydrogen) atoms. The second-order valence-electron chi connectivity index (χ2n) is 7.14.